The molecule has 1 aliphatic rings. The van der Waals surface area contributed by atoms with Crippen LogP contribution in [0.1, 0.15) is 37.5 Å². The van der Waals surface area contributed by atoms with Crippen LogP contribution >= 0.6 is 0 Å². The molecule has 0 spiro atoms. The average Bonchev–Trinajstić information content (AvgIpc) is 3.02. The second-order valence-electron chi connectivity index (χ2n) is 7.60. The second-order valence-corrected chi connectivity index (χ2v) is 7.60. The quantitative estimate of drug-likeness (QED) is 0.599. The molecule has 0 aliphatic carbocycles. The monoisotopic (exact) mass is 372 g/mol. The van der Waals surface area contributed by atoms with Gasteiger partial charge in [0.1, 0.15) is 18.1 Å². The molecule has 2 aromatic carbocycles. The molecular weight excluding hydrogens is 348 g/mol. The number of aromatic nitrogens is 2. The fourth-order valence-electron chi connectivity index (χ4n) is 3.45. The van der Waals surface area contributed by atoms with Crippen LogP contribution in [-0.4, -0.2) is 16.6 Å². The van der Waals surface area contributed by atoms with E-state index in [1.54, 1.807) is 12.4 Å². The molecular formula is C24H24N2O2. The van der Waals surface area contributed by atoms with Gasteiger partial charge in [-0.3, -0.25) is 0 Å². The zero-order chi connectivity index (χ0) is 19.6. The van der Waals surface area contributed by atoms with Crippen LogP contribution in [0.2, 0.25) is 0 Å². The lowest BCUT2D eigenvalue weighted by molar-refractivity contribution is 0.289. The van der Waals surface area contributed by atoms with Gasteiger partial charge in [0, 0.05) is 28.9 Å². The SMILES string of the molecule is CC=Cc1cc(-c2nccnc2OCc2ccccc2)c2c(c1)C(C)(C)CO2. The summed E-state index contributed by atoms with van der Waals surface area (Å²) in [5.41, 5.74) is 4.98. The summed E-state index contributed by atoms with van der Waals surface area (Å²) in [6.07, 6.45) is 7.49. The van der Waals surface area contributed by atoms with Crippen LogP contribution in [0.3, 0.4) is 0 Å². The van der Waals surface area contributed by atoms with Crippen molar-refractivity contribution in [3.8, 4) is 22.9 Å². The molecule has 4 nitrogen and oxygen atoms in total. The number of hydrogen-bond donors (Lipinski definition) is 0. The van der Waals surface area contributed by atoms with E-state index in [9.17, 15) is 0 Å². The van der Waals surface area contributed by atoms with Crippen LogP contribution in [-0.2, 0) is 12.0 Å². The highest BCUT2D eigenvalue weighted by molar-refractivity contribution is 5.77. The van der Waals surface area contributed by atoms with Gasteiger partial charge in [0.2, 0.25) is 5.88 Å². The normalized spacial score (nSPS) is 14.7. The van der Waals surface area contributed by atoms with Crippen molar-refractivity contribution in [3.63, 3.8) is 0 Å². The smallest absolute Gasteiger partial charge is 0.241 e. The summed E-state index contributed by atoms with van der Waals surface area (Å²) >= 11 is 0. The summed E-state index contributed by atoms with van der Waals surface area (Å²) in [5, 5.41) is 0. The van der Waals surface area contributed by atoms with Gasteiger partial charge in [-0.15, -0.1) is 0 Å². The van der Waals surface area contributed by atoms with Crippen molar-refractivity contribution in [2.45, 2.75) is 32.8 Å². The van der Waals surface area contributed by atoms with Gasteiger partial charge in [-0.25, -0.2) is 9.97 Å². The zero-order valence-electron chi connectivity index (χ0n) is 16.5. The first-order valence-electron chi connectivity index (χ1n) is 9.50. The van der Waals surface area contributed by atoms with Gasteiger partial charge < -0.3 is 9.47 Å². The highest BCUT2D eigenvalue weighted by Gasteiger charge is 2.35. The molecule has 4 heteroatoms. The van der Waals surface area contributed by atoms with Crippen LogP contribution in [0.15, 0.2) is 60.9 Å². The molecule has 0 radical (unpaired) electrons. The molecule has 1 aliphatic heterocycles. The van der Waals surface area contributed by atoms with Gasteiger partial charge in [-0.2, -0.15) is 0 Å². The van der Waals surface area contributed by atoms with Gasteiger partial charge >= 0.3 is 0 Å². The summed E-state index contributed by atoms with van der Waals surface area (Å²) in [4.78, 5) is 9.05. The lowest BCUT2D eigenvalue weighted by atomic mass is 9.84. The van der Waals surface area contributed by atoms with E-state index in [-0.39, 0.29) is 5.41 Å². The molecule has 0 amide bonds. The van der Waals surface area contributed by atoms with Gasteiger partial charge in [-0.1, -0.05) is 56.3 Å². The third kappa shape index (κ3) is 3.50. The molecule has 3 aromatic rings. The van der Waals surface area contributed by atoms with E-state index in [0.29, 0.717) is 24.8 Å². The molecule has 0 unspecified atom stereocenters. The Hall–Kier alpha value is -3.14. The largest absolute Gasteiger partial charge is 0.492 e. The first-order valence-corrected chi connectivity index (χ1v) is 9.50. The number of allylic oxidation sites excluding steroid dienone is 1. The molecule has 0 saturated carbocycles. The number of benzene rings is 2. The van der Waals surface area contributed by atoms with E-state index in [1.165, 1.54) is 5.56 Å². The molecule has 1 aromatic heterocycles. The summed E-state index contributed by atoms with van der Waals surface area (Å²) in [6.45, 7) is 7.51. The van der Waals surface area contributed by atoms with Crippen molar-refractivity contribution >= 4 is 6.08 Å². The Morgan fingerprint density at radius 2 is 1.89 bits per heavy atom. The Labute approximate surface area is 165 Å². The van der Waals surface area contributed by atoms with E-state index < -0.39 is 0 Å². The molecule has 0 saturated heterocycles. The number of rotatable bonds is 5. The molecule has 4 rings (SSSR count). The molecule has 142 valence electrons. The van der Waals surface area contributed by atoms with Crippen LogP contribution in [0.4, 0.5) is 0 Å². The molecule has 0 N–H and O–H groups in total. The maximum atomic E-state index is 6.10. The van der Waals surface area contributed by atoms with Crippen molar-refractivity contribution in [2.75, 3.05) is 6.61 Å². The first-order chi connectivity index (χ1) is 13.6. The minimum atomic E-state index is -0.0467. The molecule has 2 heterocycles. The topological polar surface area (TPSA) is 44.2 Å². The van der Waals surface area contributed by atoms with Crippen molar-refractivity contribution in [1.29, 1.82) is 0 Å². The summed E-state index contributed by atoms with van der Waals surface area (Å²) in [6, 6.07) is 14.4. The Morgan fingerprint density at radius 3 is 2.68 bits per heavy atom. The third-order valence-corrected chi connectivity index (χ3v) is 4.92. The molecule has 0 bridgehead atoms. The van der Waals surface area contributed by atoms with E-state index in [2.05, 4.69) is 42.0 Å². The second kappa shape index (κ2) is 7.47. The van der Waals surface area contributed by atoms with E-state index in [1.807, 2.05) is 43.3 Å². The highest BCUT2D eigenvalue weighted by atomic mass is 16.5. The van der Waals surface area contributed by atoms with Crippen molar-refractivity contribution < 1.29 is 9.47 Å². The van der Waals surface area contributed by atoms with E-state index in [4.69, 9.17) is 9.47 Å². The minimum Gasteiger partial charge on any atom is -0.492 e. The number of ether oxygens (including phenoxy) is 2. The molecule has 28 heavy (non-hydrogen) atoms. The fraction of sp³-hybridized carbons (Fsp3) is 0.250. The number of nitrogens with zero attached hydrogens (tertiary/aromatic N) is 2. The molecule has 0 atom stereocenters. The zero-order valence-corrected chi connectivity index (χ0v) is 16.5. The van der Waals surface area contributed by atoms with Crippen molar-refractivity contribution in [2.24, 2.45) is 0 Å². The van der Waals surface area contributed by atoms with Gasteiger partial charge in [0.15, 0.2) is 0 Å². The van der Waals surface area contributed by atoms with Crippen molar-refractivity contribution in [3.05, 3.63) is 77.6 Å². The highest BCUT2D eigenvalue weighted by Crippen LogP contribution is 2.46. The average molecular weight is 372 g/mol. The molecule has 0 fully saturated rings. The Balaban J connectivity index is 1.77. The predicted molar refractivity (Wildman–Crippen MR) is 111 cm³/mol. The maximum Gasteiger partial charge on any atom is 0.241 e. The van der Waals surface area contributed by atoms with Gasteiger partial charge in [0.25, 0.3) is 0 Å². The lowest BCUT2D eigenvalue weighted by Gasteiger charge is -2.17. The van der Waals surface area contributed by atoms with E-state index >= 15 is 0 Å². The Bertz CT molecular complexity index is 1010. The summed E-state index contributed by atoms with van der Waals surface area (Å²) in [7, 11) is 0. The van der Waals surface area contributed by atoms with Gasteiger partial charge in [-0.05, 0) is 30.2 Å². The predicted octanol–water partition coefficient (Wildman–Crippen LogP) is 5.43. The summed E-state index contributed by atoms with van der Waals surface area (Å²) in [5.74, 6) is 1.39. The van der Waals surface area contributed by atoms with Crippen LogP contribution in [0.25, 0.3) is 17.3 Å². The lowest BCUT2D eigenvalue weighted by Crippen LogP contribution is -2.18. The number of hydrogen-bond acceptors (Lipinski definition) is 4. The van der Waals surface area contributed by atoms with Crippen LogP contribution in [0, 0.1) is 0 Å². The van der Waals surface area contributed by atoms with E-state index in [0.717, 1.165) is 22.4 Å². The van der Waals surface area contributed by atoms with Gasteiger partial charge in [0.05, 0.1) is 6.61 Å². The maximum absolute atomic E-state index is 6.10. The minimum absolute atomic E-state index is 0.0467. The first kappa shape index (κ1) is 18.2. The Morgan fingerprint density at radius 1 is 1.11 bits per heavy atom. The van der Waals surface area contributed by atoms with Crippen molar-refractivity contribution in [1.82, 2.24) is 9.97 Å². The summed E-state index contributed by atoms with van der Waals surface area (Å²) < 4.78 is 12.1. The fourth-order valence-corrected chi connectivity index (χ4v) is 3.45. The van der Waals surface area contributed by atoms with Crippen LogP contribution < -0.4 is 9.47 Å². The third-order valence-electron chi connectivity index (χ3n) is 4.92. The van der Waals surface area contributed by atoms with Crippen LogP contribution in [0.5, 0.6) is 11.6 Å². The Kier molecular flexibility index (Phi) is 4.86. The standard InChI is InChI=1S/C24H24N2O2/c1-4-8-18-13-19(22-20(14-18)24(2,3)16-28-22)21-23(26-12-11-25-21)27-15-17-9-6-5-7-10-17/h4-14H,15-16H2,1-3H3. The number of fused-ring (bicyclic) bond motifs is 1.